The Morgan fingerprint density at radius 3 is 2.16 bits per heavy atom. The molecule has 0 radical (unpaired) electrons. The van der Waals surface area contributed by atoms with E-state index in [9.17, 15) is 48.3 Å². The van der Waals surface area contributed by atoms with Crippen molar-refractivity contribution in [2.24, 2.45) is 0 Å². The van der Waals surface area contributed by atoms with E-state index in [-0.39, 0.29) is 48.4 Å². The second-order valence-electron chi connectivity index (χ2n) is 11.1. The fourth-order valence-electron chi connectivity index (χ4n) is 6.51. The highest BCUT2D eigenvalue weighted by atomic mass is 32.2. The van der Waals surface area contributed by atoms with Gasteiger partial charge >= 0.3 is 24.0 Å². The van der Waals surface area contributed by atoms with Gasteiger partial charge in [0, 0.05) is 24.7 Å². The fraction of sp³-hybridized carbons (Fsp3) is 0.367. The molecule has 2 aliphatic rings. The smallest absolute Gasteiger partial charge is 0.435 e. The quantitative estimate of drug-likeness (QED) is 0.292. The molecule has 5 rings (SSSR count). The van der Waals surface area contributed by atoms with Gasteiger partial charge in [-0.05, 0) is 67.1 Å². The van der Waals surface area contributed by atoms with Crippen LogP contribution in [0.5, 0.6) is 0 Å². The molecule has 14 heteroatoms. The van der Waals surface area contributed by atoms with Gasteiger partial charge in [0.05, 0.1) is 10.5 Å². The van der Waals surface area contributed by atoms with Crippen molar-refractivity contribution in [1.82, 2.24) is 4.90 Å². The Bertz CT molecular complexity index is 1710. The topological polar surface area (TPSA) is 74.7 Å². The molecule has 0 amide bonds. The minimum absolute atomic E-state index is 0.0180. The Morgan fingerprint density at radius 2 is 1.59 bits per heavy atom. The third-order valence-electron chi connectivity index (χ3n) is 8.64. The lowest BCUT2D eigenvalue weighted by atomic mass is 9.76. The number of likely N-dealkylation sites (tertiary alicyclic amines) is 1. The Balaban J connectivity index is 1.65. The van der Waals surface area contributed by atoms with Crippen molar-refractivity contribution in [2.75, 3.05) is 6.54 Å². The molecular weight excluding hydrogens is 622 g/mol. The van der Waals surface area contributed by atoms with Gasteiger partial charge in [-0.15, -0.1) is 0 Å². The number of fused-ring (bicyclic) bond motifs is 3. The number of halogens is 8. The van der Waals surface area contributed by atoms with Crippen molar-refractivity contribution < 1.29 is 53.4 Å². The summed E-state index contributed by atoms with van der Waals surface area (Å²) in [5.74, 6) is -2.48. The van der Waals surface area contributed by atoms with E-state index in [4.69, 9.17) is 5.11 Å². The first kappa shape index (κ1) is 31.9. The normalized spacial score (nSPS) is 21.2. The van der Waals surface area contributed by atoms with Crippen molar-refractivity contribution >= 4 is 15.8 Å². The number of hydrogen-bond donors (Lipinski definition) is 1. The molecule has 1 N–H and O–H groups in total. The number of hydrogen-bond acceptors (Lipinski definition) is 4. The van der Waals surface area contributed by atoms with Crippen molar-refractivity contribution in [2.45, 2.75) is 66.4 Å². The molecule has 5 nitrogen and oxygen atoms in total. The molecule has 1 fully saturated rings. The molecule has 1 heterocycles. The van der Waals surface area contributed by atoms with E-state index in [2.05, 4.69) is 0 Å². The molecule has 44 heavy (non-hydrogen) atoms. The lowest BCUT2D eigenvalue weighted by Crippen LogP contribution is -2.52. The van der Waals surface area contributed by atoms with Crippen LogP contribution in [0.3, 0.4) is 0 Å². The number of carbonyl (C=O) groups is 1. The Kier molecular flexibility index (Phi) is 7.64. The molecule has 1 aliphatic heterocycles. The van der Waals surface area contributed by atoms with Crippen LogP contribution < -0.4 is 0 Å². The number of rotatable bonds is 6. The molecule has 1 saturated heterocycles. The predicted molar refractivity (Wildman–Crippen MR) is 142 cm³/mol. The summed E-state index contributed by atoms with van der Waals surface area (Å²) in [6, 6.07) is 10.1. The summed E-state index contributed by atoms with van der Waals surface area (Å²) in [7, 11) is -4.38. The van der Waals surface area contributed by atoms with E-state index in [1.165, 1.54) is 18.2 Å². The van der Waals surface area contributed by atoms with Gasteiger partial charge in [0.25, 0.3) is 0 Å². The molecule has 1 aliphatic carbocycles. The average Bonchev–Trinajstić information content (AvgIpc) is 3.31. The Morgan fingerprint density at radius 1 is 0.955 bits per heavy atom. The maximum atomic E-state index is 15.0. The minimum Gasteiger partial charge on any atom is -0.478 e. The van der Waals surface area contributed by atoms with Crippen molar-refractivity contribution in [3.63, 3.8) is 0 Å². The number of carboxylic acids is 1. The number of sulfone groups is 1. The van der Waals surface area contributed by atoms with E-state index < -0.39 is 61.6 Å². The van der Waals surface area contributed by atoms with Crippen LogP contribution in [0.15, 0.2) is 65.6 Å². The lowest BCUT2D eigenvalue weighted by Gasteiger charge is -2.43. The summed E-state index contributed by atoms with van der Waals surface area (Å²) in [5.41, 5.74) is -7.04. The first-order chi connectivity index (χ1) is 20.3. The third kappa shape index (κ3) is 4.77. The molecule has 3 aromatic carbocycles. The predicted octanol–water partition coefficient (Wildman–Crippen LogP) is 7.01. The number of benzene rings is 3. The van der Waals surface area contributed by atoms with Crippen LogP contribution in [0, 0.1) is 12.7 Å². The van der Waals surface area contributed by atoms with Crippen molar-refractivity contribution in [3.8, 4) is 0 Å². The van der Waals surface area contributed by atoms with Crippen molar-refractivity contribution in [3.05, 3.63) is 99.9 Å². The van der Waals surface area contributed by atoms with Crippen LogP contribution in [0.4, 0.5) is 35.1 Å². The van der Waals surface area contributed by atoms with Gasteiger partial charge in [-0.1, -0.05) is 42.0 Å². The number of nitrogens with zero attached hydrogens (tertiary/aromatic N) is 1. The molecule has 3 aromatic rings. The first-order valence-electron chi connectivity index (χ1n) is 13.4. The van der Waals surface area contributed by atoms with Crippen LogP contribution in [0.1, 0.15) is 51.0 Å². The molecule has 0 aromatic heterocycles. The van der Waals surface area contributed by atoms with Gasteiger partial charge in [-0.3, -0.25) is 4.90 Å². The zero-order valence-electron chi connectivity index (χ0n) is 22.9. The zero-order chi connectivity index (χ0) is 32.5. The van der Waals surface area contributed by atoms with Gasteiger partial charge in [0.1, 0.15) is 10.6 Å². The molecular formula is C30H25F8NO4S. The highest BCUT2D eigenvalue weighted by Gasteiger charge is 2.73. The molecule has 0 bridgehead atoms. The van der Waals surface area contributed by atoms with E-state index in [1.807, 2.05) is 0 Å². The Hall–Kier alpha value is -3.52. The maximum absolute atomic E-state index is 15.0. The Labute approximate surface area is 247 Å². The highest BCUT2D eigenvalue weighted by molar-refractivity contribution is 7.92. The molecule has 236 valence electrons. The standard InChI is InChI=1S/C30H25F8NO4S/c1-17-2-7-21(8-3-17)44(42,43)27-12-13-39(16-18-4-9-22(26(40)41)24(31)14-18)25(27)11-5-19-15-20(6-10-23(19)27)28(32,29(33,34)35)30(36,37)38/h2-4,6-10,14-15,25H,5,11-13,16H2,1H3,(H,40,41)/t25-,27-/m0/s1. The van der Waals surface area contributed by atoms with Crippen LogP contribution >= 0.6 is 0 Å². The SMILES string of the molecule is Cc1ccc(S(=O)(=O)[C@]23CCN(Cc4ccc(C(=O)O)c(F)c4)[C@H]2CCc2cc(C(F)(C(F)(F)F)C(F)(F)F)ccc23)cc1. The molecule has 0 saturated carbocycles. The molecule has 2 atom stereocenters. The summed E-state index contributed by atoms with van der Waals surface area (Å²) in [6.45, 7) is 1.80. The van der Waals surface area contributed by atoms with Gasteiger partial charge in [-0.2, -0.15) is 26.3 Å². The third-order valence-corrected chi connectivity index (χ3v) is 11.2. The second-order valence-corrected chi connectivity index (χ2v) is 13.3. The van der Waals surface area contributed by atoms with Crippen LogP contribution in [0.25, 0.3) is 0 Å². The van der Waals surface area contributed by atoms with Crippen LogP contribution in [-0.4, -0.2) is 49.3 Å². The number of aromatic carboxylic acids is 1. The summed E-state index contributed by atoms with van der Waals surface area (Å²) >= 11 is 0. The fourth-order valence-corrected chi connectivity index (χ4v) is 8.89. The summed E-state index contributed by atoms with van der Waals surface area (Å²) < 4.78 is 138. The van der Waals surface area contributed by atoms with E-state index >= 15 is 0 Å². The first-order valence-corrected chi connectivity index (χ1v) is 14.9. The van der Waals surface area contributed by atoms with Gasteiger partial charge in [0.15, 0.2) is 9.84 Å². The molecule has 0 unspecified atom stereocenters. The van der Waals surface area contributed by atoms with Gasteiger partial charge < -0.3 is 5.11 Å². The van der Waals surface area contributed by atoms with Crippen LogP contribution in [0.2, 0.25) is 0 Å². The van der Waals surface area contributed by atoms with Crippen LogP contribution in [-0.2, 0) is 33.2 Å². The average molecular weight is 648 g/mol. The van der Waals surface area contributed by atoms with E-state index in [1.54, 1.807) is 24.0 Å². The monoisotopic (exact) mass is 647 g/mol. The lowest BCUT2D eigenvalue weighted by molar-refractivity contribution is -0.348. The largest absolute Gasteiger partial charge is 0.478 e. The van der Waals surface area contributed by atoms with E-state index in [0.717, 1.165) is 23.8 Å². The van der Waals surface area contributed by atoms with Crippen molar-refractivity contribution in [1.29, 1.82) is 0 Å². The van der Waals surface area contributed by atoms with Gasteiger partial charge in [0.2, 0.25) is 0 Å². The molecule has 0 spiro atoms. The summed E-state index contributed by atoms with van der Waals surface area (Å²) in [6.07, 6.45) is -13.0. The number of carboxylic acid groups (broad SMARTS) is 1. The minimum atomic E-state index is -6.34. The maximum Gasteiger partial charge on any atom is 0.435 e. The summed E-state index contributed by atoms with van der Waals surface area (Å²) in [5, 5.41) is 9.13. The number of alkyl halides is 7. The summed E-state index contributed by atoms with van der Waals surface area (Å²) in [4.78, 5) is 12.8. The van der Waals surface area contributed by atoms with Gasteiger partial charge in [-0.25, -0.2) is 22.0 Å². The second kappa shape index (κ2) is 10.5. The highest BCUT2D eigenvalue weighted by Crippen LogP contribution is 2.56. The number of aryl methyl sites for hydroxylation is 2. The zero-order valence-corrected chi connectivity index (χ0v) is 23.8. The van der Waals surface area contributed by atoms with E-state index in [0.29, 0.717) is 17.7 Å².